The van der Waals surface area contributed by atoms with Crippen molar-refractivity contribution < 1.29 is 24.6 Å². The van der Waals surface area contributed by atoms with Crippen molar-refractivity contribution in [3.05, 3.63) is 10.4 Å². The molecule has 10 heteroatoms. The number of likely N-dealkylation sites (N-methyl/N-ethyl adjacent to an activating group) is 1. The molecule has 0 aromatic heterocycles. The van der Waals surface area contributed by atoms with Crippen molar-refractivity contribution in [2.24, 2.45) is 10.6 Å². The molecule has 0 aliphatic heterocycles. The molecule has 0 radical (unpaired) electrons. The Kier molecular flexibility index (Phi) is 6.63. The lowest BCUT2D eigenvalue weighted by Gasteiger charge is -2.10. The summed E-state index contributed by atoms with van der Waals surface area (Å²) in [6, 6.07) is 0. The van der Waals surface area contributed by atoms with Crippen molar-refractivity contribution in [3.8, 4) is 0 Å². The first-order valence-corrected chi connectivity index (χ1v) is 3.93. The van der Waals surface area contributed by atoms with Gasteiger partial charge < -0.3 is 20.4 Å². The Hall–Kier alpha value is -1.84. The Morgan fingerprint density at radius 3 is 2.47 bits per heavy atom. The summed E-state index contributed by atoms with van der Waals surface area (Å²) < 4.78 is 0. The van der Waals surface area contributed by atoms with E-state index in [-0.39, 0.29) is 23.0 Å². The molecule has 0 rings (SSSR count). The third-order valence-corrected chi connectivity index (χ3v) is 1.12. The molecular formula is C5H13N5O5. The normalized spacial score (nSPS) is 12.5. The molecule has 10 nitrogen and oxygen atoms in total. The maximum absolute atomic E-state index is 10.9. The summed E-state index contributed by atoms with van der Waals surface area (Å²) in [6.07, 6.45) is 0. The molecule has 0 aliphatic carbocycles. The minimum absolute atomic E-state index is 0.116. The van der Waals surface area contributed by atoms with Crippen LogP contribution in [0.5, 0.6) is 0 Å². The molecule has 0 saturated carbocycles. The summed E-state index contributed by atoms with van der Waals surface area (Å²) in [7, 11) is 2.53. The van der Waals surface area contributed by atoms with Crippen LogP contribution in [0.15, 0.2) is 10.6 Å². The van der Waals surface area contributed by atoms with Gasteiger partial charge in [-0.25, -0.2) is 0 Å². The molecule has 88 valence electrons. The molecule has 0 amide bonds. The third kappa shape index (κ3) is 7.25. The van der Waals surface area contributed by atoms with Gasteiger partial charge in [0.15, 0.2) is 7.05 Å². The molecule has 0 unspecified atom stereocenters. The van der Waals surface area contributed by atoms with E-state index in [9.17, 15) is 10.4 Å². The number of hydrazine groups is 1. The van der Waals surface area contributed by atoms with Gasteiger partial charge in [0.2, 0.25) is 10.6 Å². The van der Waals surface area contributed by atoms with Gasteiger partial charge in [-0.1, -0.05) is 4.86 Å². The first kappa shape index (κ1) is 13.2. The van der Waals surface area contributed by atoms with Crippen LogP contribution >= 0.6 is 0 Å². The highest BCUT2D eigenvalue weighted by Gasteiger charge is 2.04. The minimum atomic E-state index is -0.460. The molecule has 0 aromatic carbocycles. The maximum atomic E-state index is 10.9. The van der Waals surface area contributed by atoms with E-state index in [2.05, 4.69) is 20.2 Å². The van der Waals surface area contributed by atoms with Crippen LogP contribution in [0.25, 0.3) is 0 Å². The van der Waals surface area contributed by atoms with Gasteiger partial charge in [0, 0.05) is 0 Å². The van der Waals surface area contributed by atoms with Crippen molar-refractivity contribution in [2.75, 3.05) is 34.0 Å². The van der Waals surface area contributed by atoms with Crippen LogP contribution < -0.4 is 0 Å². The number of aliphatic hydroxyl groups is 1. The molecule has 0 aromatic rings. The molecule has 0 heterocycles. The molecule has 0 bridgehead atoms. The van der Waals surface area contributed by atoms with Gasteiger partial charge in [0.05, 0.1) is 25.2 Å². The molecule has 15 heavy (non-hydrogen) atoms. The average molecular weight is 223 g/mol. The van der Waals surface area contributed by atoms with Crippen molar-refractivity contribution in [1.82, 2.24) is 5.01 Å². The Balaban J connectivity index is 3.71. The number of rotatable bonds is 7. The van der Waals surface area contributed by atoms with E-state index in [0.717, 1.165) is 12.1 Å². The summed E-state index contributed by atoms with van der Waals surface area (Å²) in [4.78, 5) is 8.92. The highest BCUT2D eigenvalue weighted by Crippen LogP contribution is 1.87. The zero-order chi connectivity index (χ0) is 11.7. The fraction of sp³-hybridized carbons (Fsp3) is 1.00. The van der Waals surface area contributed by atoms with Crippen molar-refractivity contribution in [1.29, 1.82) is 0 Å². The fourth-order valence-electron chi connectivity index (χ4n) is 0.494. The summed E-state index contributed by atoms with van der Waals surface area (Å²) in [5.74, 6) is 0. The lowest BCUT2D eigenvalue weighted by atomic mass is 10.7. The molecule has 0 atom stereocenters. The van der Waals surface area contributed by atoms with Crippen molar-refractivity contribution in [2.45, 2.75) is 0 Å². The van der Waals surface area contributed by atoms with Gasteiger partial charge in [-0.2, -0.15) is 0 Å². The van der Waals surface area contributed by atoms with Gasteiger partial charge in [-0.05, 0) is 0 Å². The third-order valence-electron chi connectivity index (χ3n) is 1.12. The van der Waals surface area contributed by atoms with E-state index in [0.29, 0.717) is 0 Å². The zero-order valence-electron chi connectivity index (χ0n) is 8.44. The Bertz CT molecular complexity index is 228. The smallest absolute Gasteiger partial charge is 0.292 e. The van der Waals surface area contributed by atoms with Crippen LogP contribution in [-0.4, -0.2) is 54.0 Å². The van der Waals surface area contributed by atoms with E-state index in [1.807, 2.05) is 0 Å². The van der Waals surface area contributed by atoms with Crippen LogP contribution in [0.4, 0.5) is 0 Å². The molecule has 0 spiro atoms. The molecule has 0 aliphatic rings. The first-order chi connectivity index (χ1) is 7.07. The van der Waals surface area contributed by atoms with Crippen LogP contribution in [-0.2, 0) is 9.68 Å². The van der Waals surface area contributed by atoms with Crippen LogP contribution in [0, 0.1) is 10.4 Å². The topological polar surface area (TPSA) is 119 Å². The molecular weight excluding hydrogens is 210 g/mol. The Morgan fingerprint density at radius 1 is 1.33 bits per heavy atom. The predicted octanol–water partition coefficient (Wildman–Crippen LogP) is -0.799. The van der Waals surface area contributed by atoms with Crippen LogP contribution in [0.2, 0.25) is 0 Å². The number of nitrogens with zero attached hydrogens (tertiary/aromatic N) is 5. The lowest BCUT2D eigenvalue weighted by Crippen LogP contribution is -2.29. The van der Waals surface area contributed by atoms with E-state index < -0.39 is 6.79 Å². The second-order valence-electron chi connectivity index (χ2n) is 2.36. The van der Waals surface area contributed by atoms with Gasteiger partial charge in [-0.15, -0.1) is 5.01 Å². The van der Waals surface area contributed by atoms with Gasteiger partial charge in [0.1, 0.15) is 0 Å². The highest BCUT2D eigenvalue weighted by atomic mass is 16.8. The molecule has 0 saturated heterocycles. The Morgan fingerprint density at radius 2 is 1.93 bits per heavy atom. The number of aliphatic hydroxyl groups excluding tert-OH is 1. The van der Waals surface area contributed by atoms with Gasteiger partial charge in [0.25, 0.3) is 6.79 Å². The quantitative estimate of drug-likeness (QED) is 0.198. The molecule has 1 N–H and O–H groups in total. The monoisotopic (exact) mass is 223 g/mol. The maximum Gasteiger partial charge on any atom is 0.292 e. The standard InChI is InChI=1S/C5H13N5O5/c1-8(3-4-11)10(13)7-15-5-14-6-9(2)12/h11H,3-5H2,1-2H3. The summed E-state index contributed by atoms with van der Waals surface area (Å²) in [5, 5.41) is 36.6. The van der Waals surface area contributed by atoms with Crippen LogP contribution in [0.3, 0.4) is 0 Å². The summed E-state index contributed by atoms with van der Waals surface area (Å²) in [5.41, 5.74) is 0. The van der Waals surface area contributed by atoms with Crippen molar-refractivity contribution >= 4 is 0 Å². The largest absolute Gasteiger partial charge is 0.598 e. The fourth-order valence-corrected chi connectivity index (χ4v) is 0.494. The lowest BCUT2D eigenvalue weighted by molar-refractivity contribution is -0.707. The van der Waals surface area contributed by atoms with E-state index in [1.165, 1.54) is 7.05 Å². The first-order valence-electron chi connectivity index (χ1n) is 3.93. The highest BCUT2D eigenvalue weighted by molar-refractivity contribution is 4.28. The minimum Gasteiger partial charge on any atom is -0.598 e. The van der Waals surface area contributed by atoms with E-state index in [4.69, 9.17) is 5.11 Å². The number of hydrogen-bond acceptors (Lipinski definition) is 7. The number of hydroxylamine groups is 1. The Labute approximate surface area is 85.7 Å². The number of hydrogen-bond donors (Lipinski definition) is 1. The van der Waals surface area contributed by atoms with E-state index >= 15 is 0 Å². The summed E-state index contributed by atoms with van der Waals surface area (Å²) >= 11 is 0. The zero-order valence-corrected chi connectivity index (χ0v) is 8.44. The molecule has 0 fully saturated rings. The predicted molar refractivity (Wildman–Crippen MR) is 44.8 cm³/mol. The SMILES string of the molecule is CN(CCO)[N+]([O-])=NOCON=[N+](C)[O-]. The summed E-state index contributed by atoms with van der Waals surface area (Å²) in [6.45, 7) is -0.527. The van der Waals surface area contributed by atoms with Crippen molar-refractivity contribution in [3.63, 3.8) is 0 Å². The second kappa shape index (κ2) is 7.55. The van der Waals surface area contributed by atoms with Crippen LogP contribution in [0.1, 0.15) is 0 Å². The van der Waals surface area contributed by atoms with Gasteiger partial charge >= 0.3 is 0 Å². The van der Waals surface area contributed by atoms with E-state index in [1.54, 1.807) is 0 Å². The second-order valence-corrected chi connectivity index (χ2v) is 2.36. The van der Waals surface area contributed by atoms with Gasteiger partial charge in [-0.3, -0.25) is 4.84 Å². The average Bonchev–Trinajstić information content (AvgIpc) is 2.16.